The lowest BCUT2D eigenvalue weighted by Crippen LogP contribution is -2.29. The molecule has 0 N–H and O–H groups in total. The molecule has 0 saturated heterocycles. The first-order valence-electron chi connectivity index (χ1n) is 8.91. The van der Waals surface area contributed by atoms with Crippen molar-refractivity contribution in [3.8, 4) is 0 Å². The molecule has 3 aromatic rings. The zero-order valence-corrected chi connectivity index (χ0v) is 15.7. The Balaban J connectivity index is 2.16. The minimum absolute atomic E-state index is 0.113. The highest BCUT2D eigenvalue weighted by Crippen LogP contribution is 2.43. The van der Waals surface area contributed by atoms with Gasteiger partial charge in [0, 0.05) is 5.41 Å². The van der Waals surface area contributed by atoms with Crippen molar-refractivity contribution in [2.24, 2.45) is 0 Å². The summed E-state index contributed by atoms with van der Waals surface area (Å²) < 4.78 is 0. The monoisotopic (exact) mass is 344 g/mol. The maximum atomic E-state index is 2.67. The van der Waals surface area contributed by atoms with Gasteiger partial charge in [0.2, 0.25) is 0 Å². The van der Waals surface area contributed by atoms with Crippen LogP contribution in [0.1, 0.15) is 36.0 Å². The van der Waals surface area contributed by atoms with Gasteiger partial charge in [0.05, 0.1) is 0 Å². The maximum Gasteiger partial charge on any atom is 0.0451 e. The summed E-state index contributed by atoms with van der Waals surface area (Å²) in [5.74, 6) is 2.06. The Bertz CT molecular complexity index is 679. The molecule has 0 bridgehead atoms. The second-order valence-corrected chi connectivity index (χ2v) is 6.71. The van der Waals surface area contributed by atoms with Gasteiger partial charge in [0.1, 0.15) is 0 Å². The van der Waals surface area contributed by atoms with Crippen LogP contribution in [0.4, 0.5) is 0 Å². The Morgan fingerprint density at radius 2 is 1.04 bits per heavy atom. The van der Waals surface area contributed by atoms with Crippen LogP contribution >= 0.6 is 9.24 Å². The molecule has 25 heavy (non-hydrogen) atoms. The average Bonchev–Trinajstić information content (AvgIpc) is 2.70. The summed E-state index contributed by atoms with van der Waals surface area (Å²) in [6, 6.07) is 32.8. The lowest BCUT2D eigenvalue weighted by atomic mass is 9.66. The third kappa shape index (κ3) is 3.91. The molecule has 0 amide bonds. The van der Waals surface area contributed by atoms with Crippen LogP contribution in [0, 0.1) is 0 Å². The third-order valence-electron chi connectivity index (χ3n) is 4.86. The van der Waals surface area contributed by atoms with Crippen molar-refractivity contribution in [3.63, 3.8) is 0 Å². The summed E-state index contributed by atoms with van der Waals surface area (Å²) >= 11 is 0. The van der Waals surface area contributed by atoms with Gasteiger partial charge in [-0.1, -0.05) is 103 Å². The first-order valence-corrected chi connectivity index (χ1v) is 9.58. The van der Waals surface area contributed by atoms with Gasteiger partial charge in [-0.15, -0.1) is 9.24 Å². The fraction of sp³-hybridized carbons (Fsp3) is 0.167. The van der Waals surface area contributed by atoms with Crippen molar-refractivity contribution in [2.75, 3.05) is 0 Å². The number of hydrogen-bond donors (Lipinski definition) is 0. The highest BCUT2D eigenvalue weighted by atomic mass is 31.0. The van der Waals surface area contributed by atoms with Gasteiger partial charge in [-0.25, -0.2) is 0 Å². The van der Waals surface area contributed by atoms with E-state index in [0.29, 0.717) is 0 Å². The van der Waals surface area contributed by atoms with Crippen LogP contribution in [-0.2, 0) is 5.41 Å². The lowest BCUT2D eigenvalue weighted by Gasteiger charge is -2.36. The van der Waals surface area contributed by atoms with Gasteiger partial charge in [-0.2, -0.15) is 0 Å². The van der Waals surface area contributed by atoms with Gasteiger partial charge in [-0.05, 0) is 36.0 Å². The molecule has 1 heteroatoms. The number of allylic oxidation sites excluding steroid dienone is 1. The van der Waals surface area contributed by atoms with Crippen LogP contribution in [0.3, 0.4) is 0 Å². The molecule has 0 spiro atoms. The standard InChI is InChI=1S/C24H25P/c25-20-12-4-11-19-24(21-13-5-1-6-14-21,22-15-7-2-8-16-22)23-17-9-3-10-18-23/h1-3,5-10,12-18,20H,4,11,19,25H2. The minimum Gasteiger partial charge on any atom is -0.114 e. The average molecular weight is 344 g/mol. The predicted octanol–water partition coefficient (Wildman–Crippen LogP) is 6.58. The molecular weight excluding hydrogens is 319 g/mol. The van der Waals surface area contributed by atoms with E-state index in [9.17, 15) is 0 Å². The number of hydrogen-bond acceptors (Lipinski definition) is 0. The van der Waals surface area contributed by atoms with Crippen molar-refractivity contribution in [3.05, 3.63) is 120 Å². The SMILES string of the molecule is PC=CCCCC(c1ccccc1)(c1ccccc1)c1ccccc1. The van der Waals surface area contributed by atoms with Gasteiger partial charge < -0.3 is 0 Å². The van der Waals surface area contributed by atoms with Crippen LogP contribution in [0.15, 0.2) is 103 Å². The topological polar surface area (TPSA) is 0 Å². The molecule has 0 heterocycles. The van der Waals surface area contributed by atoms with Crippen LogP contribution in [0.5, 0.6) is 0 Å². The molecular formula is C24H25P. The largest absolute Gasteiger partial charge is 0.114 e. The normalized spacial score (nSPS) is 11.7. The minimum atomic E-state index is -0.113. The zero-order valence-electron chi connectivity index (χ0n) is 14.5. The van der Waals surface area contributed by atoms with Gasteiger partial charge in [0.25, 0.3) is 0 Å². The van der Waals surface area contributed by atoms with Crippen molar-refractivity contribution < 1.29 is 0 Å². The first-order chi connectivity index (χ1) is 12.4. The molecule has 0 aliphatic heterocycles. The molecule has 0 radical (unpaired) electrons. The Morgan fingerprint density at radius 3 is 1.40 bits per heavy atom. The highest BCUT2D eigenvalue weighted by molar-refractivity contribution is 7.20. The summed E-state index contributed by atoms with van der Waals surface area (Å²) in [5, 5.41) is 0. The lowest BCUT2D eigenvalue weighted by molar-refractivity contribution is 0.536. The van der Waals surface area contributed by atoms with E-state index >= 15 is 0 Å². The number of rotatable bonds is 7. The van der Waals surface area contributed by atoms with Gasteiger partial charge in [-0.3, -0.25) is 0 Å². The molecule has 126 valence electrons. The molecule has 0 fully saturated rings. The van der Waals surface area contributed by atoms with E-state index in [0.717, 1.165) is 19.3 Å². The Hall–Kier alpha value is -2.17. The van der Waals surface area contributed by atoms with E-state index < -0.39 is 0 Å². The first kappa shape index (κ1) is 17.6. The van der Waals surface area contributed by atoms with E-state index in [1.54, 1.807) is 0 Å². The van der Waals surface area contributed by atoms with Crippen molar-refractivity contribution in [2.45, 2.75) is 24.7 Å². The molecule has 0 nitrogen and oxygen atoms in total. The molecule has 1 unspecified atom stereocenters. The molecule has 3 rings (SSSR count). The second-order valence-electron chi connectivity index (χ2n) is 6.32. The Labute approximate surface area is 153 Å². The van der Waals surface area contributed by atoms with E-state index in [1.165, 1.54) is 16.7 Å². The summed E-state index contributed by atoms with van der Waals surface area (Å²) in [6.45, 7) is 0. The van der Waals surface area contributed by atoms with Crippen LogP contribution in [-0.4, -0.2) is 0 Å². The van der Waals surface area contributed by atoms with Gasteiger partial charge in [0.15, 0.2) is 0 Å². The fourth-order valence-electron chi connectivity index (χ4n) is 3.68. The summed E-state index contributed by atoms with van der Waals surface area (Å²) in [5.41, 5.74) is 3.98. The second kappa shape index (κ2) is 8.79. The Kier molecular flexibility index (Phi) is 6.20. The van der Waals surface area contributed by atoms with E-state index in [-0.39, 0.29) is 5.41 Å². The third-order valence-corrected chi connectivity index (χ3v) is 5.13. The molecule has 0 aromatic heterocycles. The zero-order chi connectivity index (χ0) is 17.4. The predicted molar refractivity (Wildman–Crippen MR) is 112 cm³/mol. The Morgan fingerprint density at radius 1 is 0.640 bits per heavy atom. The molecule has 0 saturated carbocycles. The van der Waals surface area contributed by atoms with E-state index in [1.807, 2.05) is 0 Å². The fourth-order valence-corrected chi connectivity index (χ4v) is 3.87. The van der Waals surface area contributed by atoms with Gasteiger partial charge >= 0.3 is 0 Å². The van der Waals surface area contributed by atoms with Crippen LogP contribution in [0.25, 0.3) is 0 Å². The maximum absolute atomic E-state index is 2.67. The smallest absolute Gasteiger partial charge is 0.0451 e. The van der Waals surface area contributed by atoms with Crippen molar-refractivity contribution in [1.82, 2.24) is 0 Å². The van der Waals surface area contributed by atoms with E-state index in [4.69, 9.17) is 0 Å². The quantitative estimate of drug-likeness (QED) is 0.258. The molecule has 0 aliphatic carbocycles. The summed E-state index contributed by atoms with van der Waals surface area (Å²) in [4.78, 5) is 0. The van der Waals surface area contributed by atoms with Crippen LogP contribution in [0.2, 0.25) is 0 Å². The van der Waals surface area contributed by atoms with Crippen LogP contribution < -0.4 is 0 Å². The van der Waals surface area contributed by atoms with Crippen molar-refractivity contribution >= 4 is 9.24 Å². The molecule has 0 aliphatic rings. The summed E-state index contributed by atoms with van der Waals surface area (Å²) in [7, 11) is 2.67. The van der Waals surface area contributed by atoms with E-state index in [2.05, 4.69) is 112 Å². The number of benzene rings is 3. The summed E-state index contributed by atoms with van der Waals surface area (Å²) in [6.07, 6.45) is 5.55. The number of unbranched alkanes of at least 4 members (excludes halogenated alkanes) is 1. The van der Waals surface area contributed by atoms with Crippen molar-refractivity contribution in [1.29, 1.82) is 0 Å². The highest BCUT2D eigenvalue weighted by Gasteiger charge is 2.35. The molecule has 3 aromatic carbocycles. The molecule has 1 atom stereocenters.